The van der Waals surface area contributed by atoms with Crippen LogP contribution < -0.4 is 9.47 Å². The Labute approximate surface area is 192 Å². The summed E-state index contributed by atoms with van der Waals surface area (Å²) in [6.45, 7) is 5.11. The maximum absolute atomic E-state index is 13.2. The van der Waals surface area contributed by atoms with E-state index in [1.54, 1.807) is 0 Å². The Kier molecular flexibility index (Phi) is 6.56. The molecule has 2 aliphatic carbocycles. The molecule has 3 aliphatic rings. The van der Waals surface area contributed by atoms with Gasteiger partial charge in [-0.05, 0) is 56.7 Å². The second-order valence-electron chi connectivity index (χ2n) is 8.37. The fourth-order valence-electron chi connectivity index (χ4n) is 5.03. The van der Waals surface area contributed by atoms with Crippen LogP contribution in [0.15, 0.2) is 39.1 Å². The quantitative estimate of drug-likeness (QED) is 0.516. The number of halogens is 1. The molecular formula is C25H30BrNO4. The van der Waals surface area contributed by atoms with Gasteiger partial charge in [-0.25, -0.2) is 0 Å². The molecule has 0 aromatic heterocycles. The monoisotopic (exact) mass is 487 g/mol. The van der Waals surface area contributed by atoms with Crippen LogP contribution in [0.1, 0.15) is 70.3 Å². The van der Waals surface area contributed by atoms with Crippen LogP contribution >= 0.6 is 15.9 Å². The van der Waals surface area contributed by atoms with Crippen molar-refractivity contribution in [3.63, 3.8) is 0 Å². The number of hydrogen-bond acceptors (Lipinski definition) is 5. The molecule has 0 bridgehead atoms. The third kappa shape index (κ3) is 3.95. The lowest BCUT2D eigenvalue weighted by Crippen LogP contribution is -2.37. The van der Waals surface area contributed by atoms with Gasteiger partial charge in [0.15, 0.2) is 23.1 Å². The third-order valence-electron chi connectivity index (χ3n) is 6.38. The zero-order valence-electron chi connectivity index (χ0n) is 18.6. The number of ether oxygens (including phenoxy) is 2. The van der Waals surface area contributed by atoms with E-state index in [-0.39, 0.29) is 17.5 Å². The van der Waals surface area contributed by atoms with Crippen LogP contribution in [0.3, 0.4) is 0 Å². The van der Waals surface area contributed by atoms with Gasteiger partial charge in [0.1, 0.15) is 0 Å². The van der Waals surface area contributed by atoms with Gasteiger partial charge in [0, 0.05) is 52.8 Å². The van der Waals surface area contributed by atoms with Gasteiger partial charge >= 0.3 is 0 Å². The number of hydrogen-bond donors (Lipinski definition) is 0. The molecule has 166 valence electrons. The first kappa shape index (κ1) is 22.1. The molecule has 1 aromatic carbocycles. The second-order valence-corrected chi connectivity index (χ2v) is 9.22. The van der Waals surface area contributed by atoms with Gasteiger partial charge in [-0.3, -0.25) is 9.59 Å². The maximum Gasteiger partial charge on any atom is 0.162 e. The molecule has 0 atom stereocenters. The molecular weight excluding hydrogens is 458 g/mol. The summed E-state index contributed by atoms with van der Waals surface area (Å²) in [5.41, 5.74) is 4.63. The van der Waals surface area contributed by atoms with E-state index < -0.39 is 0 Å². The Morgan fingerprint density at radius 3 is 2.06 bits per heavy atom. The van der Waals surface area contributed by atoms with E-state index in [1.807, 2.05) is 26.1 Å². The summed E-state index contributed by atoms with van der Waals surface area (Å²) in [6.07, 6.45) is 5.43. The van der Waals surface area contributed by atoms with Gasteiger partial charge in [0.25, 0.3) is 0 Å². The van der Waals surface area contributed by atoms with Crippen molar-refractivity contribution >= 4 is 27.5 Å². The molecule has 4 rings (SSSR count). The number of rotatable bonds is 6. The lowest BCUT2D eigenvalue weighted by Gasteiger charge is -2.42. The molecule has 0 spiro atoms. The van der Waals surface area contributed by atoms with Crippen LogP contribution in [0.2, 0.25) is 0 Å². The molecule has 0 fully saturated rings. The standard InChI is InChI=1S/C25H30BrNO4/c1-4-12-31-22-14-16(26)15(13-21(22)30-5-2)23-24-17(8-6-10-19(24)28)27(3)18-9-7-11-20(29)25(18)23/h13-14,23H,4-12H2,1-3H3. The lowest BCUT2D eigenvalue weighted by atomic mass is 9.71. The highest BCUT2D eigenvalue weighted by Crippen LogP contribution is 2.51. The second kappa shape index (κ2) is 9.19. The average molecular weight is 488 g/mol. The van der Waals surface area contributed by atoms with Crippen molar-refractivity contribution in [1.29, 1.82) is 0 Å². The fourth-order valence-corrected chi connectivity index (χ4v) is 5.58. The molecule has 1 heterocycles. The number of benzene rings is 1. The van der Waals surface area contributed by atoms with Crippen LogP contribution in [0.25, 0.3) is 0 Å². The Morgan fingerprint density at radius 2 is 1.52 bits per heavy atom. The Balaban J connectivity index is 1.91. The van der Waals surface area contributed by atoms with Crippen molar-refractivity contribution in [2.75, 3.05) is 20.3 Å². The van der Waals surface area contributed by atoms with Crippen molar-refractivity contribution < 1.29 is 19.1 Å². The van der Waals surface area contributed by atoms with Crippen molar-refractivity contribution in [1.82, 2.24) is 4.90 Å². The Bertz CT molecular complexity index is 934. The predicted octanol–water partition coefficient (Wildman–Crippen LogP) is 5.68. The summed E-state index contributed by atoms with van der Waals surface area (Å²) in [4.78, 5) is 28.5. The molecule has 0 unspecified atom stereocenters. The van der Waals surface area contributed by atoms with Gasteiger partial charge < -0.3 is 14.4 Å². The van der Waals surface area contributed by atoms with Crippen molar-refractivity contribution in [3.8, 4) is 11.5 Å². The van der Waals surface area contributed by atoms with Crippen LogP contribution in [0.5, 0.6) is 11.5 Å². The summed E-state index contributed by atoms with van der Waals surface area (Å²) in [5, 5.41) is 0. The van der Waals surface area contributed by atoms with Gasteiger partial charge in [-0.2, -0.15) is 0 Å². The van der Waals surface area contributed by atoms with Crippen LogP contribution in [-0.2, 0) is 9.59 Å². The minimum atomic E-state index is -0.351. The predicted molar refractivity (Wildman–Crippen MR) is 123 cm³/mol. The number of nitrogens with zero attached hydrogens (tertiary/aromatic N) is 1. The molecule has 6 heteroatoms. The normalized spacial score (nSPS) is 19.5. The Morgan fingerprint density at radius 1 is 0.935 bits per heavy atom. The van der Waals surface area contributed by atoms with Crippen molar-refractivity contribution in [3.05, 3.63) is 44.7 Å². The number of carbonyl (C=O) groups is 2. The first-order valence-corrected chi connectivity index (χ1v) is 12.1. The van der Waals surface area contributed by atoms with Crippen molar-refractivity contribution in [2.24, 2.45) is 0 Å². The van der Waals surface area contributed by atoms with E-state index in [9.17, 15) is 9.59 Å². The van der Waals surface area contributed by atoms with Crippen LogP contribution in [0, 0.1) is 0 Å². The highest BCUT2D eigenvalue weighted by atomic mass is 79.9. The van der Waals surface area contributed by atoms with Gasteiger partial charge in [0.2, 0.25) is 0 Å². The lowest BCUT2D eigenvalue weighted by molar-refractivity contribution is -0.117. The third-order valence-corrected chi connectivity index (χ3v) is 7.07. The summed E-state index contributed by atoms with van der Waals surface area (Å²) >= 11 is 3.73. The summed E-state index contributed by atoms with van der Waals surface area (Å²) in [6, 6.07) is 3.89. The molecule has 0 N–H and O–H groups in total. The summed E-state index contributed by atoms with van der Waals surface area (Å²) < 4.78 is 12.7. The summed E-state index contributed by atoms with van der Waals surface area (Å²) in [7, 11) is 2.01. The van der Waals surface area contributed by atoms with E-state index in [1.165, 1.54) is 0 Å². The smallest absolute Gasteiger partial charge is 0.162 e. The van der Waals surface area contributed by atoms with Gasteiger partial charge in [0.05, 0.1) is 13.2 Å². The number of carbonyl (C=O) groups excluding carboxylic acids is 2. The van der Waals surface area contributed by atoms with E-state index in [0.29, 0.717) is 37.6 Å². The fraction of sp³-hybridized carbons (Fsp3) is 0.520. The van der Waals surface area contributed by atoms with Crippen LogP contribution in [0.4, 0.5) is 0 Å². The topological polar surface area (TPSA) is 55.8 Å². The molecule has 1 aromatic rings. The number of Topliss-reactive ketones (excluding diaryl/α,β-unsaturated/α-hetero) is 2. The summed E-state index contributed by atoms with van der Waals surface area (Å²) in [5.74, 6) is 1.29. The first-order valence-electron chi connectivity index (χ1n) is 11.3. The minimum absolute atomic E-state index is 0.152. The van der Waals surface area contributed by atoms with Gasteiger partial charge in [-0.15, -0.1) is 0 Å². The number of ketones is 2. The highest BCUT2D eigenvalue weighted by Gasteiger charge is 2.43. The zero-order chi connectivity index (χ0) is 22.1. The van der Waals surface area contributed by atoms with E-state index in [0.717, 1.165) is 64.7 Å². The average Bonchev–Trinajstić information content (AvgIpc) is 2.75. The Hall–Kier alpha value is -2.08. The van der Waals surface area contributed by atoms with E-state index in [4.69, 9.17) is 9.47 Å². The first-order chi connectivity index (χ1) is 15.0. The largest absolute Gasteiger partial charge is 0.490 e. The molecule has 1 aliphatic heterocycles. The SMILES string of the molecule is CCCOc1cc(Br)c(C2C3=C(CCCC3=O)N(C)C3=C2C(=O)CCC3)cc1OCC. The molecule has 0 radical (unpaired) electrons. The minimum Gasteiger partial charge on any atom is -0.490 e. The highest BCUT2D eigenvalue weighted by molar-refractivity contribution is 9.10. The molecule has 0 saturated carbocycles. The maximum atomic E-state index is 13.2. The van der Waals surface area contributed by atoms with E-state index >= 15 is 0 Å². The molecule has 5 nitrogen and oxygen atoms in total. The molecule has 31 heavy (non-hydrogen) atoms. The molecule has 0 amide bonds. The van der Waals surface area contributed by atoms with Crippen LogP contribution in [-0.4, -0.2) is 36.7 Å². The number of allylic oxidation sites excluding steroid dienone is 4. The zero-order valence-corrected chi connectivity index (χ0v) is 20.1. The van der Waals surface area contributed by atoms with Crippen molar-refractivity contribution in [2.45, 2.75) is 64.7 Å². The van der Waals surface area contributed by atoms with Gasteiger partial charge in [-0.1, -0.05) is 22.9 Å². The van der Waals surface area contributed by atoms with E-state index in [2.05, 4.69) is 27.8 Å². The molecule has 0 saturated heterocycles.